The molecule has 150 valence electrons. The summed E-state index contributed by atoms with van der Waals surface area (Å²) in [6.07, 6.45) is 2.58. The largest absolute Gasteiger partial charge is 0.497 e. The van der Waals surface area contributed by atoms with Crippen LogP contribution in [0.1, 0.15) is 54.4 Å². The smallest absolute Gasteiger partial charge is 0.165 e. The highest BCUT2D eigenvalue weighted by Crippen LogP contribution is 2.39. The van der Waals surface area contributed by atoms with E-state index in [1.54, 1.807) is 24.3 Å². The van der Waals surface area contributed by atoms with Gasteiger partial charge in [-0.25, -0.2) is 13.2 Å². The number of benzene rings is 2. The molecule has 1 aliphatic heterocycles. The molecule has 1 saturated heterocycles. The van der Waals surface area contributed by atoms with Gasteiger partial charge in [0.1, 0.15) is 17.7 Å². The Morgan fingerprint density at radius 2 is 1.64 bits per heavy atom. The van der Waals surface area contributed by atoms with Gasteiger partial charge in [0.15, 0.2) is 11.6 Å². The molecule has 28 heavy (non-hydrogen) atoms. The average molecular weight is 392 g/mol. The molecule has 0 aromatic heterocycles. The number of epoxide rings is 1. The predicted molar refractivity (Wildman–Crippen MR) is 97.8 cm³/mol. The fourth-order valence-electron chi connectivity index (χ4n) is 3.89. The van der Waals surface area contributed by atoms with E-state index in [0.717, 1.165) is 12.8 Å². The van der Waals surface area contributed by atoms with Crippen LogP contribution in [-0.4, -0.2) is 19.8 Å². The van der Waals surface area contributed by atoms with Crippen molar-refractivity contribution in [2.75, 3.05) is 13.7 Å². The van der Waals surface area contributed by atoms with Crippen LogP contribution in [0, 0.1) is 17.5 Å². The molecule has 0 radical (unpaired) electrons. The van der Waals surface area contributed by atoms with E-state index >= 15 is 0 Å². The maximum atomic E-state index is 14.5. The van der Waals surface area contributed by atoms with Gasteiger partial charge in [0, 0.05) is 17.2 Å². The van der Waals surface area contributed by atoms with Gasteiger partial charge in [0.25, 0.3) is 0 Å². The summed E-state index contributed by atoms with van der Waals surface area (Å²) in [5, 5.41) is 0. The van der Waals surface area contributed by atoms with Crippen molar-refractivity contribution in [3.63, 3.8) is 0 Å². The maximum absolute atomic E-state index is 14.5. The molecule has 2 aliphatic rings. The third kappa shape index (κ3) is 4.03. The van der Waals surface area contributed by atoms with Crippen molar-refractivity contribution in [2.45, 2.75) is 50.4 Å². The number of hydrogen-bond acceptors (Lipinski definition) is 3. The summed E-state index contributed by atoms with van der Waals surface area (Å²) in [6.45, 7) is 0.636. The molecule has 2 aromatic carbocycles. The first-order valence-electron chi connectivity index (χ1n) is 9.60. The summed E-state index contributed by atoms with van der Waals surface area (Å²) in [7, 11) is 1.49. The fraction of sp³-hybridized carbons (Fsp3) is 0.455. The number of halogens is 3. The summed E-state index contributed by atoms with van der Waals surface area (Å²) in [5.74, 6) is -1.45. The SMILES string of the molecule is COc1ccc(COC2CCC(c3ccc(C4CO4)c(F)c3F)CC2)c(F)c1. The van der Waals surface area contributed by atoms with E-state index in [2.05, 4.69) is 0 Å². The monoisotopic (exact) mass is 392 g/mol. The first-order valence-corrected chi connectivity index (χ1v) is 9.60. The molecule has 1 unspecified atom stereocenters. The first-order chi connectivity index (χ1) is 13.6. The third-order valence-electron chi connectivity index (χ3n) is 5.67. The Morgan fingerprint density at radius 1 is 0.964 bits per heavy atom. The van der Waals surface area contributed by atoms with Crippen LogP contribution >= 0.6 is 0 Å². The quantitative estimate of drug-likeness (QED) is 0.615. The first kappa shape index (κ1) is 19.3. The van der Waals surface area contributed by atoms with Gasteiger partial charge >= 0.3 is 0 Å². The lowest BCUT2D eigenvalue weighted by atomic mass is 9.82. The van der Waals surface area contributed by atoms with E-state index in [-0.39, 0.29) is 30.5 Å². The van der Waals surface area contributed by atoms with Crippen molar-refractivity contribution in [3.8, 4) is 5.75 Å². The molecule has 0 amide bonds. The molecule has 1 saturated carbocycles. The molecule has 2 aromatic rings. The molecule has 3 nitrogen and oxygen atoms in total. The highest BCUT2D eigenvalue weighted by Gasteiger charge is 2.32. The fourth-order valence-corrected chi connectivity index (χ4v) is 3.89. The standard InChI is InChI=1S/C22H23F3O3/c1-26-16-7-4-14(19(23)10-16)11-27-15-5-2-13(3-6-15)17-8-9-18(20-12-28-20)22(25)21(17)24/h4,7-10,13,15,20H,2-3,5-6,11-12H2,1H3. The molecule has 2 fully saturated rings. The van der Waals surface area contributed by atoms with Gasteiger partial charge < -0.3 is 14.2 Å². The number of rotatable bonds is 6. The molecule has 0 spiro atoms. The predicted octanol–water partition coefficient (Wildman–Crippen LogP) is 5.43. The van der Waals surface area contributed by atoms with E-state index in [1.807, 2.05) is 0 Å². The highest BCUT2D eigenvalue weighted by atomic mass is 19.2. The van der Waals surface area contributed by atoms with Crippen LogP contribution in [-0.2, 0) is 16.1 Å². The molecule has 6 heteroatoms. The van der Waals surface area contributed by atoms with Crippen molar-refractivity contribution in [1.29, 1.82) is 0 Å². The Balaban J connectivity index is 1.33. The molecule has 1 aliphatic carbocycles. The molecular formula is C22H23F3O3. The Labute approximate surface area is 162 Å². The minimum absolute atomic E-state index is 0.00945. The topological polar surface area (TPSA) is 31.0 Å². The van der Waals surface area contributed by atoms with Crippen LogP contribution in [0.4, 0.5) is 13.2 Å². The molecule has 1 atom stereocenters. The molecule has 0 bridgehead atoms. The lowest BCUT2D eigenvalue weighted by molar-refractivity contribution is 0.0118. The Hall–Kier alpha value is -2.05. The second-order valence-corrected chi connectivity index (χ2v) is 7.44. The van der Waals surface area contributed by atoms with E-state index in [9.17, 15) is 13.2 Å². The molecule has 0 N–H and O–H groups in total. The Bertz CT molecular complexity index is 843. The van der Waals surface area contributed by atoms with Gasteiger partial charge in [0.2, 0.25) is 0 Å². The normalized spacial score (nSPS) is 24.2. The number of ether oxygens (including phenoxy) is 3. The van der Waals surface area contributed by atoms with Crippen LogP contribution in [0.5, 0.6) is 5.75 Å². The van der Waals surface area contributed by atoms with Crippen LogP contribution < -0.4 is 4.74 Å². The summed E-state index contributed by atoms with van der Waals surface area (Å²) < 4.78 is 58.7. The molecule has 4 rings (SSSR count). The second kappa shape index (κ2) is 8.13. The van der Waals surface area contributed by atoms with Gasteiger partial charge in [-0.2, -0.15) is 0 Å². The minimum Gasteiger partial charge on any atom is -0.497 e. The van der Waals surface area contributed by atoms with E-state index in [4.69, 9.17) is 14.2 Å². The molecule has 1 heterocycles. The van der Waals surface area contributed by atoms with E-state index < -0.39 is 11.6 Å². The second-order valence-electron chi connectivity index (χ2n) is 7.44. The zero-order valence-electron chi connectivity index (χ0n) is 15.7. The van der Waals surface area contributed by atoms with E-state index in [0.29, 0.717) is 41.9 Å². The minimum atomic E-state index is -0.784. The Kier molecular flexibility index (Phi) is 5.60. The van der Waals surface area contributed by atoms with Crippen molar-refractivity contribution >= 4 is 0 Å². The summed E-state index contributed by atoms with van der Waals surface area (Å²) in [4.78, 5) is 0. The van der Waals surface area contributed by atoms with Gasteiger partial charge in [-0.05, 0) is 43.2 Å². The number of hydrogen-bond donors (Lipinski definition) is 0. The summed E-state index contributed by atoms with van der Waals surface area (Å²) in [6, 6.07) is 8.02. The van der Waals surface area contributed by atoms with Crippen molar-refractivity contribution in [2.24, 2.45) is 0 Å². The lowest BCUT2D eigenvalue weighted by Gasteiger charge is -2.29. The van der Waals surface area contributed by atoms with Gasteiger partial charge in [-0.15, -0.1) is 0 Å². The van der Waals surface area contributed by atoms with Crippen LogP contribution in [0.3, 0.4) is 0 Å². The van der Waals surface area contributed by atoms with Gasteiger partial charge in [-0.1, -0.05) is 18.2 Å². The third-order valence-corrected chi connectivity index (χ3v) is 5.67. The van der Waals surface area contributed by atoms with Crippen molar-refractivity contribution in [1.82, 2.24) is 0 Å². The average Bonchev–Trinajstić information content (AvgIpc) is 3.55. The maximum Gasteiger partial charge on any atom is 0.165 e. The van der Waals surface area contributed by atoms with Crippen molar-refractivity contribution in [3.05, 3.63) is 64.5 Å². The Morgan fingerprint density at radius 3 is 2.29 bits per heavy atom. The zero-order valence-corrected chi connectivity index (χ0v) is 15.7. The van der Waals surface area contributed by atoms with Gasteiger partial charge in [0.05, 0.1) is 26.4 Å². The van der Waals surface area contributed by atoms with Crippen LogP contribution in [0.2, 0.25) is 0 Å². The highest BCUT2D eigenvalue weighted by molar-refractivity contribution is 5.32. The number of methoxy groups -OCH3 is 1. The lowest BCUT2D eigenvalue weighted by Crippen LogP contribution is -2.21. The van der Waals surface area contributed by atoms with Crippen LogP contribution in [0.15, 0.2) is 30.3 Å². The van der Waals surface area contributed by atoms with E-state index in [1.165, 1.54) is 13.2 Å². The summed E-state index contributed by atoms with van der Waals surface area (Å²) >= 11 is 0. The zero-order chi connectivity index (χ0) is 19.7. The molecular weight excluding hydrogens is 369 g/mol. The van der Waals surface area contributed by atoms with Crippen molar-refractivity contribution < 1.29 is 27.4 Å². The summed E-state index contributed by atoms with van der Waals surface area (Å²) in [5.41, 5.74) is 1.22. The van der Waals surface area contributed by atoms with Crippen LogP contribution in [0.25, 0.3) is 0 Å². The van der Waals surface area contributed by atoms with Gasteiger partial charge in [-0.3, -0.25) is 0 Å².